The second kappa shape index (κ2) is 6.44. The Hall–Kier alpha value is -3.48. The average Bonchev–Trinajstić information content (AvgIpc) is 3.10. The third-order valence-corrected chi connectivity index (χ3v) is 4.12. The van der Waals surface area contributed by atoms with Crippen molar-refractivity contribution in [1.82, 2.24) is 19.4 Å². The Bertz CT molecular complexity index is 1120. The summed E-state index contributed by atoms with van der Waals surface area (Å²) in [5.74, 6) is 0.435. The van der Waals surface area contributed by atoms with Crippen molar-refractivity contribution in [3.8, 4) is 17.0 Å². The monoisotopic (exact) mass is 350 g/mol. The molecule has 4 rings (SSSR count). The largest absolute Gasteiger partial charge is 0.497 e. The van der Waals surface area contributed by atoms with Crippen LogP contribution in [0.3, 0.4) is 0 Å². The van der Waals surface area contributed by atoms with Gasteiger partial charge in [-0.15, -0.1) is 0 Å². The van der Waals surface area contributed by atoms with E-state index in [9.17, 15) is 9.18 Å². The van der Waals surface area contributed by atoms with Crippen LogP contribution in [0.5, 0.6) is 5.75 Å². The smallest absolute Gasteiger partial charge is 0.293 e. The molecule has 0 aliphatic carbocycles. The molecule has 2 heterocycles. The summed E-state index contributed by atoms with van der Waals surface area (Å²) in [7, 11) is 1.60. The van der Waals surface area contributed by atoms with Crippen molar-refractivity contribution in [3.63, 3.8) is 0 Å². The zero-order valence-corrected chi connectivity index (χ0v) is 14.0. The van der Waals surface area contributed by atoms with Crippen molar-refractivity contribution in [2.45, 2.75) is 6.54 Å². The minimum Gasteiger partial charge on any atom is -0.497 e. The third-order valence-electron chi connectivity index (χ3n) is 4.12. The van der Waals surface area contributed by atoms with Crippen LogP contribution in [0, 0.1) is 5.82 Å². The number of halogens is 1. The predicted molar refractivity (Wildman–Crippen MR) is 94.7 cm³/mol. The molecule has 0 saturated heterocycles. The molecule has 2 aromatic carbocycles. The molecule has 0 radical (unpaired) electrons. The maximum atomic E-state index is 13.1. The number of methoxy groups -OCH3 is 1. The van der Waals surface area contributed by atoms with Crippen molar-refractivity contribution in [2.75, 3.05) is 7.11 Å². The van der Waals surface area contributed by atoms with Gasteiger partial charge in [-0.1, -0.05) is 12.1 Å². The number of aromatic nitrogens is 4. The summed E-state index contributed by atoms with van der Waals surface area (Å²) in [6, 6.07) is 15.1. The van der Waals surface area contributed by atoms with Crippen LogP contribution in [0.4, 0.5) is 4.39 Å². The lowest BCUT2D eigenvalue weighted by Gasteiger charge is -2.05. The van der Waals surface area contributed by atoms with Crippen LogP contribution < -0.4 is 10.3 Å². The number of nitrogens with zero attached hydrogens (tertiary/aromatic N) is 4. The van der Waals surface area contributed by atoms with Crippen LogP contribution in [0.2, 0.25) is 0 Å². The second-order valence-electron chi connectivity index (χ2n) is 5.81. The molecule has 26 heavy (non-hydrogen) atoms. The van der Waals surface area contributed by atoms with Gasteiger partial charge in [-0.2, -0.15) is 10.2 Å². The fourth-order valence-corrected chi connectivity index (χ4v) is 2.72. The molecule has 0 unspecified atom stereocenters. The van der Waals surface area contributed by atoms with Crippen LogP contribution in [0.15, 0.2) is 65.7 Å². The van der Waals surface area contributed by atoms with Crippen LogP contribution in [-0.2, 0) is 6.54 Å². The van der Waals surface area contributed by atoms with E-state index in [1.54, 1.807) is 25.3 Å². The van der Waals surface area contributed by atoms with Gasteiger partial charge in [0, 0.05) is 5.56 Å². The summed E-state index contributed by atoms with van der Waals surface area (Å²) in [5, 5.41) is 8.52. The fraction of sp³-hybridized carbons (Fsp3) is 0.105. The molecule has 0 amide bonds. The van der Waals surface area contributed by atoms with Gasteiger partial charge in [-0.25, -0.2) is 13.6 Å². The molecule has 7 heteroatoms. The first-order valence-corrected chi connectivity index (χ1v) is 7.98. The van der Waals surface area contributed by atoms with Crippen LogP contribution >= 0.6 is 0 Å². The van der Waals surface area contributed by atoms with E-state index in [1.807, 2.05) is 24.3 Å². The van der Waals surface area contributed by atoms with E-state index >= 15 is 0 Å². The lowest BCUT2D eigenvalue weighted by atomic mass is 10.1. The number of hydrogen-bond acceptors (Lipinski definition) is 4. The van der Waals surface area contributed by atoms with E-state index in [0.717, 1.165) is 16.9 Å². The van der Waals surface area contributed by atoms with Crippen molar-refractivity contribution < 1.29 is 9.13 Å². The Morgan fingerprint density at radius 2 is 1.81 bits per heavy atom. The summed E-state index contributed by atoms with van der Waals surface area (Å²) in [6.45, 7) is 0.344. The van der Waals surface area contributed by atoms with Gasteiger partial charge < -0.3 is 4.74 Å². The molecule has 4 aromatic rings. The van der Waals surface area contributed by atoms with Crippen LogP contribution in [0.1, 0.15) is 5.56 Å². The van der Waals surface area contributed by atoms with Crippen molar-refractivity contribution in [1.29, 1.82) is 0 Å². The number of fused-ring (bicyclic) bond motifs is 1. The molecule has 0 aliphatic rings. The molecular formula is C19H15FN4O2. The number of ether oxygens (including phenoxy) is 1. The van der Waals surface area contributed by atoms with E-state index in [2.05, 4.69) is 10.2 Å². The predicted octanol–water partition coefficient (Wildman–Crippen LogP) is 2.75. The molecule has 0 saturated carbocycles. The van der Waals surface area contributed by atoms with E-state index in [1.165, 1.54) is 27.7 Å². The van der Waals surface area contributed by atoms with Gasteiger partial charge in [0.25, 0.3) is 5.56 Å². The Morgan fingerprint density at radius 3 is 2.50 bits per heavy atom. The van der Waals surface area contributed by atoms with Gasteiger partial charge in [0.1, 0.15) is 23.4 Å². The highest BCUT2D eigenvalue weighted by Crippen LogP contribution is 2.18. The highest BCUT2D eigenvalue weighted by Gasteiger charge is 2.10. The first-order chi connectivity index (χ1) is 12.6. The molecule has 6 nitrogen and oxygen atoms in total. The van der Waals surface area contributed by atoms with Crippen molar-refractivity contribution in [2.24, 2.45) is 0 Å². The second-order valence-corrected chi connectivity index (χ2v) is 5.81. The van der Waals surface area contributed by atoms with Gasteiger partial charge in [0.05, 0.1) is 19.3 Å². The molecule has 0 N–H and O–H groups in total. The van der Waals surface area contributed by atoms with Crippen molar-refractivity contribution >= 4 is 5.52 Å². The van der Waals surface area contributed by atoms with Gasteiger partial charge in [0.2, 0.25) is 0 Å². The Kier molecular flexibility index (Phi) is 3.96. The zero-order valence-electron chi connectivity index (χ0n) is 14.0. The Balaban J connectivity index is 1.70. The van der Waals surface area contributed by atoms with Gasteiger partial charge >= 0.3 is 0 Å². The normalized spacial score (nSPS) is 11.0. The lowest BCUT2D eigenvalue weighted by molar-refractivity contribution is 0.414. The first-order valence-electron chi connectivity index (χ1n) is 7.98. The minimum absolute atomic E-state index is 0.246. The molecule has 0 bridgehead atoms. The highest BCUT2D eigenvalue weighted by atomic mass is 19.1. The molecular weight excluding hydrogens is 335 g/mol. The average molecular weight is 350 g/mol. The molecule has 0 fully saturated rings. The topological polar surface area (TPSA) is 61.4 Å². The number of hydrogen-bond donors (Lipinski definition) is 0. The Labute approximate surface area is 148 Å². The summed E-state index contributed by atoms with van der Waals surface area (Å²) in [6.07, 6.45) is 1.49. The zero-order chi connectivity index (χ0) is 18.1. The van der Waals surface area contributed by atoms with Gasteiger partial charge in [-0.05, 0) is 48.0 Å². The number of benzene rings is 2. The first kappa shape index (κ1) is 16.0. The third kappa shape index (κ3) is 2.95. The maximum absolute atomic E-state index is 13.1. The minimum atomic E-state index is -0.318. The van der Waals surface area contributed by atoms with E-state index < -0.39 is 0 Å². The lowest BCUT2D eigenvalue weighted by Crippen LogP contribution is -2.25. The van der Waals surface area contributed by atoms with Crippen LogP contribution in [0.25, 0.3) is 16.8 Å². The Morgan fingerprint density at radius 1 is 1.08 bits per heavy atom. The summed E-state index contributed by atoms with van der Waals surface area (Å²) in [4.78, 5) is 12.7. The van der Waals surface area contributed by atoms with E-state index in [4.69, 9.17) is 4.74 Å². The van der Waals surface area contributed by atoms with Crippen molar-refractivity contribution in [3.05, 3.63) is 82.7 Å². The maximum Gasteiger partial charge on any atom is 0.293 e. The fourth-order valence-electron chi connectivity index (χ4n) is 2.72. The van der Waals surface area contributed by atoms with E-state index in [0.29, 0.717) is 17.8 Å². The summed E-state index contributed by atoms with van der Waals surface area (Å²) in [5.41, 5.74) is 2.42. The SMILES string of the molecule is COc1ccc(Cn2ncn3nc(-c4ccc(F)cc4)cc3c2=O)cc1. The quantitative estimate of drug-likeness (QED) is 0.568. The van der Waals surface area contributed by atoms with Gasteiger partial charge in [-0.3, -0.25) is 4.79 Å². The molecule has 130 valence electrons. The highest BCUT2D eigenvalue weighted by molar-refractivity contribution is 5.65. The summed E-state index contributed by atoms with van der Waals surface area (Å²) < 4.78 is 21.0. The molecule has 0 atom stereocenters. The van der Waals surface area contributed by atoms with Gasteiger partial charge in [0.15, 0.2) is 0 Å². The molecule has 0 spiro atoms. The molecule has 0 aliphatic heterocycles. The molecule has 2 aromatic heterocycles. The standard InChI is InChI=1S/C19H15FN4O2/c1-26-16-8-2-13(3-9-16)11-23-19(25)18-10-17(22-24(18)12-21-23)14-4-6-15(20)7-5-14/h2-10,12H,11H2,1H3. The van der Waals surface area contributed by atoms with Crippen LogP contribution in [-0.4, -0.2) is 26.5 Å². The van der Waals surface area contributed by atoms with E-state index in [-0.39, 0.29) is 11.4 Å². The summed E-state index contributed by atoms with van der Waals surface area (Å²) >= 11 is 0. The number of rotatable bonds is 4.